The topological polar surface area (TPSA) is 95.6 Å². The molecule has 2 N–H and O–H groups in total. The number of nitrogens with zero attached hydrogens (tertiary/aromatic N) is 1. The SMILES string of the molecule is CC[C@H](C)NC(=O)c1ccccc1NC(=O)CN(c1ccc(C(C)C)cc1)S(C)(=O)=O. The van der Waals surface area contributed by atoms with Crippen LogP contribution in [0.15, 0.2) is 48.5 Å². The van der Waals surface area contributed by atoms with Gasteiger partial charge < -0.3 is 10.6 Å². The Balaban J connectivity index is 2.22. The molecule has 1 atom stereocenters. The average molecular weight is 446 g/mol. The Labute approximate surface area is 184 Å². The first kappa shape index (κ1) is 24.4. The Morgan fingerprint density at radius 2 is 1.61 bits per heavy atom. The maximum Gasteiger partial charge on any atom is 0.253 e. The van der Waals surface area contributed by atoms with Gasteiger partial charge in [-0.1, -0.05) is 45.0 Å². The maximum atomic E-state index is 12.7. The van der Waals surface area contributed by atoms with E-state index in [0.717, 1.165) is 22.5 Å². The van der Waals surface area contributed by atoms with Gasteiger partial charge in [-0.15, -0.1) is 0 Å². The number of para-hydroxylation sites is 1. The smallest absolute Gasteiger partial charge is 0.253 e. The number of hydrogen-bond donors (Lipinski definition) is 2. The quantitative estimate of drug-likeness (QED) is 0.615. The second-order valence-corrected chi connectivity index (χ2v) is 9.80. The Morgan fingerprint density at radius 1 is 1.00 bits per heavy atom. The highest BCUT2D eigenvalue weighted by molar-refractivity contribution is 7.92. The van der Waals surface area contributed by atoms with E-state index >= 15 is 0 Å². The van der Waals surface area contributed by atoms with Crippen molar-refractivity contribution in [2.75, 3.05) is 22.4 Å². The fourth-order valence-corrected chi connectivity index (χ4v) is 3.80. The van der Waals surface area contributed by atoms with Crippen LogP contribution >= 0.6 is 0 Å². The number of carbonyl (C=O) groups is 2. The van der Waals surface area contributed by atoms with Crippen LogP contribution in [0.4, 0.5) is 11.4 Å². The van der Waals surface area contributed by atoms with Gasteiger partial charge in [-0.2, -0.15) is 0 Å². The van der Waals surface area contributed by atoms with Gasteiger partial charge in [-0.25, -0.2) is 8.42 Å². The summed E-state index contributed by atoms with van der Waals surface area (Å²) in [6.45, 7) is 7.55. The van der Waals surface area contributed by atoms with Gasteiger partial charge in [0, 0.05) is 6.04 Å². The molecule has 8 heteroatoms. The predicted molar refractivity (Wildman–Crippen MR) is 125 cm³/mol. The Kier molecular flexibility index (Phi) is 8.21. The number of amides is 2. The summed E-state index contributed by atoms with van der Waals surface area (Å²) in [6.07, 6.45) is 1.84. The highest BCUT2D eigenvalue weighted by Crippen LogP contribution is 2.22. The lowest BCUT2D eigenvalue weighted by atomic mass is 10.0. The first-order valence-corrected chi connectivity index (χ1v) is 12.1. The first-order valence-electron chi connectivity index (χ1n) is 10.3. The minimum atomic E-state index is -3.69. The Hall–Kier alpha value is -2.87. The molecule has 0 aliphatic heterocycles. The molecular weight excluding hydrogens is 414 g/mol. The third kappa shape index (κ3) is 6.82. The van der Waals surface area contributed by atoms with E-state index in [4.69, 9.17) is 0 Å². The molecule has 7 nitrogen and oxygen atoms in total. The number of nitrogens with one attached hydrogen (secondary N) is 2. The maximum absolute atomic E-state index is 12.7. The van der Waals surface area contributed by atoms with E-state index in [1.54, 1.807) is 36.4 Å². The fourth-order valence-electron chi connectivity index (χ4n) is 2.94. The van der Waals surface area contributed by atoms with Gasteiger partial charge >= 0.3 is 0 Å². The van der Waals surface area contributed by atoms with Gasteiger partial charge in [0.25, 0.3) is 5.91 Å². The monoisotopic (exact) mass is 445 g/mol. The van der Waals surface area contributed by atoms with Crippen molar-refractivity contribution in [3.05, 3.63) is 59.7 Å². The average Bonchev–Trinajstić information content (AvgIpc) is 2.71. The van der Waals surface area contributed by atoms with E-state index in [1.165, 1.54) is 0 Å². The zero-order valence-electron chi connectivity index (χ0n) is 18.7. The van der Waals surface area contributed by atoms with Gasteiger partial charge in [0.05, 0.1) is 23.2 Å². The summed E-state index contributed by atoms with van der Waals surface area (Å²) in [4.78, 5) is 25.3. The molecule has 2 rings (SSSR count). The van der Waals surface area contributed by atoms with Crippen molar-refractivity contribution in [2.24, 2.45) is 0 Å². The van der Waals surface area contributed by atoms with Crippen LogP contribution in [0.2, 0.25) is 0 Å². The number of carbonyl (C=O) groups excluding carboxylic acids is 2. The van der Waals surface area contributed by atoms with Crippen LogP contribution in [0.1, 0.15) is 56.0 Å². The van der Waals surface area contributed by atoms with E-state index in [-0.39, 0.29) is 11.9 Å². The molecule has 0 spiro atoms. The fraction of sp³-hybridized carbons (Fsp3) is 0.391. The van der Waals surface area contributed by atoms with Crippen molar-refractivity contribution in [2.45, 2.75) is 46.1 Å². The van der Waals surface area contributed by atoms with Crippen molar-refractivity contribution in [1.82, 2.24) is 5.32 Å². The van der Waals surface area contributed by atoms with Crippen molar-refractivity contribution in [1.29, 1.82) is 0 Å². The second-order valence-electron chi connectivity index (χ2n) is 7.89. The molecule has 2 aromatic carbocycles. The largest absolute Gasteiger partial charge is 0.350 e. The van der Waals surface area contributed by atoms with Crippen LogP contribution in [0.5, 0.6) is 0 Å². The van der Waals surface area contributed by atoms with Gasteiger partial charge in [-0.3, -0.25) is 13.9 Å². The summed E-state index contributed by atoms with van der Waals surface area (Å²) in [5.74, 6) is -0.529. The summed E-state index contributed by atoms with van der Waals surface area (Å²) in [6, 6.07) is 13.7. The summed E-state index contributed by atoms with van der Waals surface area (Å²) < 4.78 is 25.7. The molecule has 0 radical (unpaired) electrons. The second kappa shape index (κ2) is 10.4. The minimum absolute atomic E-state index is 0.00852. The molecule has 0 bridgehead atoms. The zero-order valence-corrected chi connectivity index (χ0v) is 19.5. The van der Waals surface area contributed by atoms with Crippen LogP contribution in [0.3, 0.4) is 0 Å². The summed E-state index contributed by atoms with van der Waals surface area (Å²) >= 11 is 0. The predicted octanol–water partition coefficient (Wildman–Crippen LogP) is 3.74. The van der Waals surface area contributed by atoms with Crippen molar-refractivity contribution >= 4 is 33.2 Å². The molecular formula is C23H31N3O4S. The lowest BCUT2D eigenvalue weighted by Crippen LogP contribution is -2.38. The molecule has 0 saturated carbocycles. The van der Waals surface area contributed by atoms with Crippen molar-refractivity contribution in [3.63, 3.8) is 0 Å². The zero-order chi connectivity index (χ0) is 23.2. The molecule has 0 saturated heterocycles. The molecule has 2 amide bonds. The Bertz CT molecular complexity index is 1020. The van der Waals surface area contributed by atoms with Gasteiger partial charge in [-0.05, 0) is 49.1 Å². The molecule has 168 valence electrons. The van der Waals surface area contributed by atoms with Crippen LogP contribution in [-0.4, -0.2) is 39.1 Å². The van der Waals surface area contributed by atoms with Crippen LogP contribution in [0, 0.1) is 0 Å². The minimum Gasteiger partial charge on any atom is -0.350 e. The van der Waals surface area contributed by atoms with E-state index in [1.807, 2.05) is 39.8 Å². The summed E-state index contributed by atoms with van der Waals surface area (Å²) in [5.41, 5.74) is 2.13. The number of sulfonamides is 1. The molecule has 31 heavy (non-hydrogen) atoms. The third-order valence-electron chi connectivity index (χ3n) is 4.97. The van der Waals surface area contributed by atoms with Crippen molar-refractivity contribution in [3.8, 4) is 0 Å². The van der Waals surface area contributed by atoms with E-state index in [2.05, 4.69) is 10.6 Å². The molecule has 0 aromatic heterocycles. The van der Waals surface area contributed by atoms with E-state index in [9.17, 15) is 18.0 Å². The molecule has 0 aliphatic rings. The highest BCUT2D eigenvalue weighted by atomic mass is 32.2. The number of rotatable bonds is 9. The first-order chi connectivity index (χ1) is 14.5. The summed E-state index contributed by atoms with van der Waals surface area (Å²) in [7, 11) is -3.69. The van der Waals surface area contributed by atoms with E-state index < -0.39 is 22.5 Å². The van der Waals surface area contributed by atoms with Gasteiger partial charge in [0.2, 0.25) is 15.9 Å². The molecule has 0 fully saturated rings. The van der Waals surface area contributed by atoms with Crippen LogP contribution < -0.4 is 14.9 Å². The van der Waals surface area contributed by atoms with Gasteiger partial charge in [0.15, 0.2) is 0 Å². The number of benzene rings is 2. The lowest BCUT2D eigenvalue weighted by Gasteiger charge is -2.23. The molecule has 0 unspecified atom stereocenters. The molecule has 0 aliphatic carbocycles. The number of hydrogen-bond acceptors (Lipinski definition) is 4. The molecule has 0 heterocycles. The number of anilines is 2. The summed E-state index contributed by atoms with van der Waals surface area (Å²) in [5, 5.41) is 5.55. The van der Waals surface area contributed by atoms with Gasteiger partial charge in [0.1, 0.15) is 6.54 Å². The molecule has 2 aromatic rings. The Morgan fingerprint density at radius 3 is 2.16 bits per heavy atom. The van der Waals surface area contributed by atoms with Crippen LogP contribution in [-0.2, 0) is 14.8 Å². The van der Waals surface area contributed by atoms with Crippen molar-refractivity contribution < 1.29 is 18.0 Å². The lowest BCUT2D eigenvalue weighted by molar-refractivity contribution is -0.114. The standard InChI is InChI=1S/C23H31N3O4S/c1-6-17(4)24-23(28)20-9-7-8-10-21(20)25-22(27)15-26(31(5,29)30)19-13-11-18(12-14-19)16(2)3/h7-14,16-17H,6,15H2,1-5H3,(H,24,28)(H,25,27)/t17-/m0/s1. The van der Waals surface area contributed by atoms with E-state index in [0.29, 0.717) is 22.9 Å². The van der Waals surface area contributed by atoms with Crippen LogP contribution in [0.25, 0.3) is 0 Å². The normalized spacial score (nSPS) is 12.3. The highest BCUT2D eigenvalue weighted by Gasteiger charge is 2.22. The third-order valence-corrected chi connectivity index (χ3v) is 6.11.